The summed E-state index contributed by atoms with van der Waals surface area (Å²) in [6.45, 7) is 0.459. The highest BCUT2D eigenvalue weighted by molar-refractivity contribution is 5.05. The van der Waals surface area contributed by atoms with Gasteiger partial charge in [0.05, 0.1) is 12.8 Å². The van der Waals surface area contributed by atoms with Crippen molar-refractivity contribution in [1.29, 1.82) is 0 Å². The van der Waals surface area contributed by atoms with Crippen molar-refractivity contribution in [2.75, 3.05) is 0 Å². The number of rotatable bonds is 4. The Kier molecular flexibility index (Phi) is 2.65. The van der Waals surface area contributed by atoms with E-state index >= 15 is 0 Å². The summed E-state index contributed by atoms with van der Waals surface area (Å²) in [4.78, 5) is 7.27. The molecule has 4 heteroatoms. The van der Waals surface area contributed by atoms with Gasteiger partial charge in [-0.2, -0.15) is 0 Å². The molecular weight excluding hydrogens is 178 g/mol. The van der Waals surface area contributed by atoms with E-state index in [0.717, 1.165) is 30.1 Å². The van der Waals surface area contributed by atoms with Crippen LogP contribution in [0.4, 0.5) is 0 Å². The molecule has 0 aromatic carbocycles. The van der Waals surface area contributed by atoms with Gasteiger partial charge in [0.1, 0.15) is 11.6 Å². The smallest absolute Gasteiger partial charge is 0.120 e. The minimum Gasteiger partial charge on any atom is -0.469 e. The Labute approximate surface area is 82.1 Å². The van der Waals surface area contributed by atoms with Crippen molar-refractivity contribution in [3.8, 4) is 0 Å². The number of aromatic amines is 1. The maximum atomic E-state index is 5.44. The fourth-order valence-electron chi connectivity index (χ4n) is 1.35. The van der Waals surface area contributed by atoms with Gasteiger partial charge in [0, 0.05) is 18.3 Å². The highest BCUT2D eigenvalue weighted by atomic mass is 16.3. The third-order valence-electron chi connectivity index (χ3n) is 2.10. The van der Waals surface area contributed by atoms with Crippen molar-refractivity contribution < 1.29 is 4.42 Å². The van der Waals surface area contributed by atoms with Crippen LogP contribution in [0.2, 0.25) is 0 Å². The van der Waals surface area contributed by atoms with Crippen LogP contribution in [0.1, 0.15) is 17.3 Å². The Balaban J connectivity index is 1.92. The number of nitrogens with two attached hydrogens (primary N) is 1. The van der Waals surface area contributed by atoms with E-state index in [4.69, 9.17) is 10.2 Å². The lowest BCUT2D eigenvalue weighted by Gasteiger charge is -1.94. The van der Waals surface area contributed by atoms with Crippen molar-refractivity contribution >= 4 is 0 Å². The second-order valence-corrected chi connectivity index (χ2v) is 3.14. The minimum absolute atomic E-state index is 0.459. The lowest BCUT2D eigenvalue weighted by Crippen LogP contribution is -1.98. The molecule has 2 rings (SSSR count). The van der Waals surface area contributed by atoms with Crippen molar-refractivity contribution in [1.82, 2.24) is 9.97 Å². The second kappa shape index (κ2) is 4.11. The molecule has 0 aliphatic carbocycles. The van der Waals surface area contributed by atoms with Crippen LogP contribution in [0.3, 0.4) is 0 Å². The fraction of sp³-hybridized carbons (Fsp3) is 0.300. The third-order valence-corrected chi connectivity index (χ3v) is 2.10. The Hall–Kier alpha value is -1.55. The number of H-pyrrole nitrogens is 1. The first-order chi connectivity index (χ1) is 6.88. The summed E-state index contributed by atoms with van der Waals surface area (Å²) in [6.07, 6.45) is 5.30. The zero-order chi connectivity index (χ0) is 9.80. The Morgan fingerprint density at radius 2 is 2.36 bits per heavy atom. The summed E-state index contributed by atoms with van der Waals surface area (Å²) in [7, 11) is 0. The van der Waals surface area contributed by atoms with Crippen LogP contribution >= 0.6 is 0 Å². The maximum absolute atomic E-state index is 5.44. The lowest BCUT2D eigenvalue weighted by molar-refractivity contribution is 0.507. The second-order valence-electron chi connectivity index (χ2n) is 3.14. The van der Waals surface area contributed by atoms with Crippen molar-refractivity contribution in [2.24, 2.45) is 5.73 Å². The highest BCUT2D eigenvalue weighted by Gasteiger charge is 2.00. The molecule has 0 unspecified atom stereocenters. The molecule has 0 spiro atoms. The molecular formula is C10H13N3O. The van der Waals surface area contributed by atoms with Gasteiger partial charge in [-0.05, 0) is 18.6 Å². The standard InChI is InChI=1S/C10H13N3O/c11-6-10-12-7-8(13-10)3-4-9-2-1-5-14-9/h1-2,5,7H,3-4,6,11H2,(H,12,13). The van der Waals surface area contributed by atoms with E-state index in [1.807, 2.05) is 18.3 Å². The summed E-state index contributed by atoms with van der Waals surface area (Å²) >= 11 is 0. The summed E-state index contributed by atoms with van der Waals surface area (Å²) in [6, 6.07) is 3.87. The normalized spacial score (nSPS) is 10.6. The highest BCUT2D eigenvalue weighted by Crippen LogP contribution is 2.06. The molecule has 0 aliphatic rings. The third kappa shape index (κ3) is 2.03. The quantitative estimate of drug-likeness (QED) is 0.764. The van der Waals surface area contributed by atoms with Gasteiger partial charge in [0.15, 0.2) is 0 Å². The molecule has 2 aromatic rings. The molecule has 0 saturated heterocycles. The van der Waals surface area contributed by atoms with E-state index in [1.165, 1.54) is 0 Å². The monoisotopic (exact) mass is 191 g/mol. The predicted molar refractivity (Wildman–Crippen MR) is 52.6 cm³/mol. The number of aromatic nitrogens is 2. The Morgan fingerprint density at radius 1 is 1.43 bits per heavy atom. The van der Waals surface area contributed by atoms with Gasteiger partial charge in [-0.25, -0.2) is 4.98 Å². The largest absolute Gasteiger partial charge is 0.469 e. The van der Waals surface area contributed by atoms with Crippen LogP contribution in [-0.2, 0) is 19.4 Å². The number of aryl methyl sites for hydroxylation is 2. The first kappa shape index (κ1) is 9.02. The molecule has 0 radical (unpaired) electrons. The lowest BCUT2D eigenvalue weighted by atomic mass is 10.2. The molecule has 0 aliphatic heterocycles. The minimum atomic E-state index is 0.459. The van der Waals surface area contributed by atoms with Gasteiger partial charge in [0.25, 0.3) is 0 Å². The summed E-state index contributed by atoms with van der Waals surface area (Å²) < 4.78 is 5.23. The van der Waals surface area contributed by atoms with Crippen molar-refractivity contribution in [3.05, 3.63) is 41.9 Å². The number of nitrogens with one attached hydrogen (secondary N) is 1. The molecule has 0 amide bonds. The van der Waals surface area contributed by atoms with E-state index in [9.17, 15) is 0 Å². The molecule has 74 valence electrons. The van der Waals surface area contributed by atoms with Gasteiger partial charge in [-0.15, -0.1) is 0 Å². The van der Waals surface area contributed by atoms with E-state index in [1.54, 1.807) is 6.26 Å². The van der Waals surface area contributed by atoms with E-state index in [-0.39, 0.29) is 0 Å². The molecule has 2 heterocycles. The Morgan fingerprint density at radius 3 is 3.00 bits per heavy atom. The molecule has 2 aromatic heterocycles. The van der Waals surface area contributed by atoms with Crippen molar-refractivity contribution in [3.63, 3.8) is 0 Å². The van der Waals surface area contributed by atoms with E-state index < -0.39 is 0 Å². The van der Waals surface area contributed by atoms with Crippen molar-refractivity contribution in [2.45, 2.75) is 19.4 Å². The summed E-state index contributed by atoms with van der Waals surface area (Å²) in [5.74, 6) is 1.83. The van der Waals surface area contributed by atoms with Gasteiger partial charge >= 0.3 is 0 Å². The van der Waals surface area contributed by atoms with Crippen LogP contribution in [0.25, 0.3) is 0 Å². The molecule has 14 heavy (non-hydrogen) atoms. The Bertz CT molecular complexity index is 378. The molecule has 4 nitrogen and oxygen atoms in total. The SMILES string of the molecule is NCc1ncc(CCc2ccco2)[nH]1. The molecule has 3 N–H and O–H groups in total. The zero-order valence-electron chi connectivity index (χ0n) is 7.86. The number of imidazole rings is 1. The van der Waals surface area contributed by atoms with Crippen LogP contribution < -0.4 is 5.73 Å². The maximum Gasteiger partial charge on any atom is 0.120 e. The van der Waals surface area contributed by atoms with E-state index in [0.29, 0.717) is 6.54 Å². The fourth-order valence-corrected chi connectivity index (χ4v) is 1.35. The number of hydrogen-bond acceptors (Lipinski definition) is 3. The van der Waals surface area contributed by atoms with Crippen LogP contribution in [0.15, 0.2) is 29.0 Å². The molecule has 0 saturated carbocycles. The number of hydrogen-bond donors (Lipinski definition) is 2. The number of furan rings is 1. The van der Waals surface area contributed by atoms with Crippen LogP contribution in [-0.4, -0.2) is 9.97 Å². The van der Waals surface area contributed by atoms with Crippen LogP contribution in [0, 0.1) is 0 Å². The first-order valence-corrected chi connectivity index (χ1v) is 4.63. The first-order valence-electron chi connectivity index (χ1n) is 4.63. The van der Waals surface area contributed by atoms with Gasteiger partial charge in [0.2, 0.25) is 0 Å². The predicted octanol–water partition coefficient (Wildman–Crippen LogP) is 1.25. The average Bonchev–Trinajstić information content (AvgIpc) is 2.86. The number of nitrogens with zero attached hydrogens (tertiary/aromatic N) is 1. The summed E-state index contributed by atoms with van der Waals surface area (Å²) in [5, 5.41) is 0. The van der Waals surface area contributed by atoms with Gasteiger partial charge < -0.3 is 15.1 Å². The zero-order valence-corrected chi connectivity index (χ0v) is 7.86. The summed E-state index contributed by atoms with van der Waals surface area (Å²) in [5.41, 5.74) is 6.54. The van der Waals surface area contributed by atoms with Gasteiger partial charge in [-0.3, -0.25) is 0 Å². The molecule has 0 atom stereocenters. The van der Waals surface area contributed by atoms with Gasteiger partial charge in [-0.1, -0.05) is 0 Å². The van der Waals surface area contributed by atoms with E-state index in [2.05, 4.69) is 9.97 Å². The van der Waals surface area contributed by atoms with Crippen LogP contribution in [0.5, 0.6) is 0 Å². The molecule has 0 fully saturated rings. The average molecular weight is 191 g/mol. The molecule has 0 bridgehead atoms. The topological polar surface area (TPSA) is 67.8 Å².